The minimum absolute atomic E-state index is 0.185. The zero-order valence-electron chi connectivity index (χ0n) is 10.6. The normalized spacial score (nSPS) is 10.4. The number of hydroxylamine groups is 1. The number of nitrogens with zero attached hydrogens (tertiary/aromatic N) is 1. The summed E-state index contributed by atoms with van der Waals surface area (Å²) in [5.74, 6) is -0.618. The topological polar surface area (TPSA) is 62.2 Å². The maximum atomic E-state index is 11.6. The van der Waals surface area contributed by atoms with E-state index in [1.807, 2.05) is 54.6 Å². The van der Waals surface area contributed by atoms with Gasteiger partial charge in [-0.1, -0.05) is 48.5 Å². The van der Waals surface area contributed by atoms with E-state index < -0.39 is 5.91 Å². The number of fused-ring (bicyclic) bond motifs is 1. The van der Waals surface area contributed by atoms with E-state index in [1.165, 1.54) is 0 Å². The van der Waals surface area contributed by atoms with Crippen molar-refractivity contribution in [2.24, 2.45) is 0 Å². The van der Waals surface area contributed by atoms with Crippen molar-refractivity contribution >= 4 is 16.8 Å². The fraction of sp³-hybridized carbons (Fsp3) is 0. The highest BCUT2D eigenvalue weighted by Gasteiger charge is 2.12. The summed E-state index contributed by atoms with van der Waals surface area (Å²) in [4.78, 5) is 15.9. The van der Waals surface area contributed by atoms with Gasteiger partial charge in [0.15, 0.2) is 0 Å². The summed E-state index contributed by atoms with van der Waals surface area (Å²) in [5, 5.41) is 9.75. The molecule has 0 spiro atoms. The summed E-state index contributed by atoms with van der Waals surface area (Å²) >= 11 is 0. The minimum atomic E-state index is -0.618. The van der Waals surface area contributed by atoms with Crippen LogP contribution in [0.25, 0.3) is 22.0 Å². The first kappa shape index (κ1) is 12.3. The molecule has 1 aromatic heterocycles. The minimum Gasteiger partial charge on any atom is -0.288 e. The van der Waals surface area contributed by atoms with Gasteiger partial charge in [0.2, 0.25) is 0 Å². The number of benzene rings is 2. The van der Waals surface area contributed by atoms with Crippen LogP contribution in [-0.2, 0) is 0 Å². The third-order valence-electron chi connectivity index (χ3n) is 3.14. The van der Waals surface area contributed by atoms with Crippen LogP contribution in [-0.4, -0.2) is 16.1 Å². The van der Waals surface area contributed by atoms with Crippen LogP contribution in [0.4, 0.5) is 0 Å². The Labute approximate surface area is 115 Å². The number of hydrogen-bond acceptors (Lipinski definition) is 3. The Kier molecular flexibility index (Phi) is 3.15. The highest BCUT2D eigenvalue weighted by Crippen LogP contribution is 2.28. The van der Waals surface area contributed by atoms with Crippen LogP contribution in [0.3, 0.4) is 0 Å². The molecule has 0 saturated heterocycles. The summed E-state index contributed by atoms with van der Waals surface area (Å²) in [6, 6.07) is 19.1. The molecule has 98 valence electrons. The van der Waals surface area contributed by atoms with Gasteiger partial charge in [0.25, 0.3) is 5.91 Å². The predicted octanol–water partition coefficient (Wildman–Crippen LogP) is 3.02. The molecule has 0 radical (unpaired) electrons. The van der Waals surface area contributed by atoms with Crippen molar-refractivity contribution in [3.8, 4) is 11.1 Å². The summed E-state index contributed by atoms with van der Waals surface area (Å²) in [7, 11) is 0. The molecule has 0 fully saturated rings. The number of carbonyl (C=O) groups is 1. The van der Waals surface area contributed by atoms with Gasteiger partial charge in [0.05, 0.1) is 5.52 Å². The SMILES string of the molecule is O=C(NO)c1cc(-c2ccccc2)c2ccccc2n1. The average Bonchev–Trinajstić information content (AvgIpc) is 2.54. The number of carbonyl (C=O) groups excluding carboxylic acids is 1. The molecule has 0 atom stereocenters. The van der Waals surface area contributed by atoms with E-state index in [-0.39, 0.29) is 5.69 Å². The van der Waals surface area contributed by atoms with Crippen LogP contribution in [0.1, 0.15) is 10.5 Å². The van der Waals surface area contributed by atoms with Crippen LogP contribution in [0.5, 0.6) is 0 Å². The lowest BCUT2D eigenvalue weighted by molar-refractivity contribution is 0.0701. The van der Waals surface area contributed by atoms with Crippen molar-refractivity contribution < 1.29 is 10.0 Å². The largest absolute Gasteiger partial charge is 0.293 e. The lowest BCUT2D eigenvalue weighted by Crippen LogP contribution is -2.20. The maximum absolute atomic E-state index is 11.6. The number of pyridine rings is 1. The fourth-order valence-corrected chi connectivity index (χ4v) is 2.21. The Morgan fingerprint density at radius 3 is 2.45 bits per heavy atom. The van der Waals surface area contributed by atoms with Crippen molar-refractivity contribution in [2.45, 2.75) is 0 Å². The van der Waals surface area contributed by atoms with Crippen LogP contribution in [0, 0.1) is 0 Å². The zero-order chi connectivity index (χ0) is 13.9. The fourth-order valence-electron chi connectivity index (χ4n) is 2.21. The van der Waals surface area contributed by atoms with Crippen LogP contribution >= 0.6 is 0 Å². The number of amides is 1. The highest BCUT2D eigenvalue weighted by molar-refractivity contribution is 6.00. The molecule has 0 aliphatic heterocycles. The molecule has 0 unspecified atom stereocenters. The van der Waals surface area contributed by atoms with E-state index in [2.05, 4.69) is 4.98 Å². The molecule has 0 saturated carbocycles. The first-order chi connectivity index (χ1) is 9.79. The maximum Gasteiger partial charge on any atom is 0.293 e. The van der Waals surface area contributed by atoms with Crippen molar-refractivity contribution in [3.05, 3.63) is 66.4 Å². The van der Waals surface area contributed by atoms with E-state index in [1.54, 1.807) is 11.5 Å². The second-order valence-corrected chi connectivity index (χ2v) is 4.38. The second-order valence-electron chi connectivity index (χ2n) is 4.38. The number of aromatic nitrogens is 1. The summed E-state index contributed by atoms with van der Waals surface area (Å²) in [5.41, 5.74) is 4.43. The summed E-state index contributed by atoms with van der Waals surface area (Å²) in [6.07, 6.45) is 0. The predicted molar refractivity (Wildman–Crippen MR) is 76.4 cm³/mol. The first-order valence-electron chi connectivity index (χ1n) is 6.19. The van der Waals surface area contributed by atoms with Gasteiger partial charge in [-0.3, -0.25) is 10.0 Å². The van der Waals surface area contributed by atoms with Crippen LogP contribution < -0.4 is 5.48 Å². The second kappa shape index (κ2) is 5.11. The molecular formula is C16H12N2O2. The van der Waals surface area contributed by atoms with Crippen molar-refractivity contribution in [1.29, 1.82) is 0 Å². The van der Waals surface area contributed by atoms with Gasteiger partial charge in [-0.25, -0.2) is 10.5 Å². The quantitative estimate of drug-likeness (QED) is 0.552. The van der Waals surface area contributed by atoms with Gasteiger partial charge in [-0.05, 0) is 23.3 Å². The van der Waals surface area contributed by atoms with Gasteiger partial charge in [0, 0.05) is 5.39 Å². The van der Waals surface area contributed by atoms with Crippen molar-refractivity contribution in [3.63, 3.8) is 0 Å². The molecule has 3 aromatic rings. The number of hydrogen-bond donors (Lipinski definition) is 2. The number of rotatable bonds is 2. The van der Waals surface area contributed by atoms with E-state index in [0.29, 0.717) is 5.52 Å². The molecule has 1 heterocycles. The van der Waals surface area contributed by atoms with Crippen LogP contribution in [0.2, 0.25) is 0 Å². The standard InChI is InChI=1S/C16H12N2O2/c19-16(18-20)15-10-13(11-6-2-1-3-7-11)12-8-4-5-9-14(12)17-15/h1-10,20H,(H,18,19). The molecule has 1 amide bonds. The molecular weight excluding hydrogens is 252 g/mol. The smallest absolute Gasteiger partial charge is 0.288 e. The molecule has 2 aromatic carbocycles. The van der Waals surface area contributed by atoms with E-state index in [9.17, 15) is 4.79 Å². The van der Waals surface area contributed by atoms with Crippen molar-refractivity contribution in [2.75, 3.05) is 0 Å². The highest BCUT2D eigenvalue weighted by atomic mass is 16.5. The Morgan fingerprint density at radius 1 is 1.00 bits per heavy atom. The Hall–Kier alpha value is -2.72. The molecule has 0 aliphatic carbocycles. The van der Waals surface area contributed by atoms with Gasteiger partial charge in [0.1, 0.15) is 5.69 Å². The Morgan fingerprint density at radius 2 is 1.70 bits per heavy atom. The average molecular weight is 264 g/mol. The first-order valence-corrected chi connectivity index (χ1v) is 6.19. The molecule has 0 aliphatic rings. The van der Waals surface area contributed by atoms with Gasteiger partial charge in [-0.15, -0.1) is 0 Å². The van der Waals surface area contributed by atoms with Crippen LogP contribution in [0.15, 0.2) is 60.7 Å². The molecule has 2 N–H and O–H groups in total. The third kappa shape index (κ3) is 2.13. The van der Waals surface area contributed by atoms with Gasteiger partial charge in [-0.2, -0.15) is 0 Å². The number of nitrogens with one attached hydrogen (secondary N) is 1. The summed E-state index contributed by atoms with van der Waals surface area (Å²) in [6.45, 7) is 0. The zero-order valence-corrected chi connectivity index (χ0v) is 10.6. The molecule has 0 bridgehead atoms. The summed E-state index contributed by atoms with van der Waals surface area (Å²) < 4.78 is 0. The lowest BCUT2D eigenvalue weighted by atomic mass is 10.00. The Balaban J connectivity index is 2.31. The van der Waals surface area contributed by atoms with E-state index in [4.69, 9.17) is 5.21 Å². The van der Waals surface area contributed by atoms with Gasteiger partial charge >= 0.3 is 0 Å². The molecule has 4 nitrogen and oxygen atoms in total. The Bertz CT molecular complexity index is 770. The third-order valence-corrected chi connectivity index (χ3v) is 3.14. The molecule has 20 heavy (non-hydrogen) atoms. The lowest BCUT2D eigenvalue weighted by Gasteiger charge is -2.09. The molecule has 3 rings (SSSR count). The monoisotopic (exact) mass is 264 g/mol. The molecule has 4 heteroatoms. The van der Waals surface area contributed by atoms with Gasteiger partial charge < -0.3 is 0 Å². The van der Waals surface area contributed by atoms with E-state index in [0.717, 1.165) is 16.5 Å². The van der Waals surface area contributed by atoms with Crippen molar-refractivity contribution in [1.82, 2.24) is 10.5 Å². The number of para-hydroxylation sites is 1. The van der Waals surface area contributed by atoms with E-state index >= 15 is 0 Å².